The van der Waals surface area contributed by atoms with E-state index >= 15 is 0 Å². The summed E-state index contributed by atoms with van der Waals surface area (Å²) in [7, 11) is 0. The first kappa shape index (κ1) is 9.66. The van der Waals surface area contributed by atoms with Crippen LogP contribution >= 0.6 is 0 Å². The third-order valence-corrected chi connectivity index (χ3v) is 0.794. The zero-order valence-corrected chi connectivity index (χ0v) is 5.52. The lowest BCUT2D eigenvalue weighted by Gasteiger charge is -2.05. The minimum absolute atomic E-state index is 0.467. The number of aliphatic carboxylic acids is 1. The van der Waals surface area contributed by atoms with Gasteiger partial charge in [0.15, 0.2) is 0 Å². The van der Waals surface area contributed by atoms with Crippen LogP contribution in [0.4, 0.5) is 4.79 Å². The highest BCUT2D eigenvalue weighted by Crippen LogP contribution is 1.84. The Kier molecular flexibility index (Phi) is 3.93. The van der Waals surface area contributed by atoms with Crippen LogP contribution in [-0.2, 0) is 14.4 Å². The van der Waals surface area contributed by atoms with E-state index in [9.17, 15) is 9.59 Å². The Morgan fingerprint density at radius 2 is 2.09 bits per heavy atom. The summed E-state index contributed by atoms with van der Waals surface area (Å²) in [5.74, 6) is 3.10. The topological polar surface area (TPSA) is 125 Å². The minimum atomic E-state index is -1.27. The Morgan fingerprint density at radius 1 is 1.55 bits per heavy atom. The number of ether oxygens (including phenoxy) is 1. The Labute approximate surface area is 61.8 Å². The van der Waals surface area contributed by atoms with Crippen LogP contribution in [0.1, 0.15) is 0 Å². The fraction of sp³-hybridized carbons (Fsp3) is 0.500. The van der Waals surface area contributed by atoms with Gasteiger partial charge in [0.1, 0.15) is 12.6 Å². The fourth-order valence-corrected chi connectivity index (χ4v) is 0.263. The van der Waals surface area contributed by atoms with E-state index in [1.165, 1.54) is 0 Å². The molecule has 0 aromatic heterocycles. The lowest BCUT2D eigenvalue weighted by atomic mass is 10.3. The maximum absolute atomic E-state index is 10.1. The molecular formula is C4H8N2O5. The van der Waals surface area contributed by atoms with E-state index in [1.807, 2.05) is 0 Å². The lowest BCUT2D eigenvalue weighted by molar-refractivity contribution is -0.139. The summed E-state index contributed by atoms with van der Waals surface area (Å²) in [5.41, 5.74) is 4.95. The van der Waals surface area contributed by atoms with Crippen LogP contribution in [-0.4, -0.2) is 29.9 Å². The van der Waals surface area contributed by atoms with Crippen LogP contribution in [0.2, 0.25) is 0 Å². The molecular weight excluding hydrogens is 156 g/mol. The van der Waals surface area contributed by atoms with Crippen molar-refractivity contribution in [1.29, 1.82) is 0 Å². The predicted octanol–water partition coefficient (Wildman–Crippen LogP) is -1.57. The number of carboxylic acid groups (broad SMARTS) is 1. The lowest BCUT2D eigenvalue weighted by Crippen LogP contribution is -2.36. The van der Waals surface area contributed by atoms with Gasteiger partial charge in [0.25, 0.3) is 0 Å². The Bertz CT molecular complexity index is 159. The van der Waals surface area contributed by atoms with Gasteiger partial charge in [0.2, 0.25) is 0 Å². The number of hydrogen-bond donors (Lipinski definition) is 3. The van der Waals surface area contributed by atoms with Gasteiger partial charge >= 0.3 is 12.1 Å². The van der Waals surface area contributed by atoms with Crippen LogP contribution in [0.15, 0.2) is 0 Å². The third-order valence-electron chi connectivity index (χ3n) is 0.794. The molecule has 0 aromatic rings. The van der Waals surface area contributed by atoms with Crippen LogP contribution in [0.5, 0.6) is 0 Å². The molecule has 0 saturated carbocycles. The van der Waals surface area contributed by atoms with Crippen molar-refractivity contribution in [2.45, 2.75) is 6.04 Å². The second-order valence-corrected chi connectivity index (χ2v) is 1.62. The molecule has 0 aliphatic heterocycles. The van der Waals surface area contributed by atoms with Gasteiger partial charge in [-0.05, 0) is 0 Å². The van der Waals surface area contributed by atoms with E-state index in [0.29, 0.717) is 0 Å². The summed E-state index contributed by atoms with van der Waals surface area (Å²) >= 11 is 0. The molecule has 0 heterocycles. The van der Waals surface area contributed by atoms with E-state index in [0.717, 1.165) is 0 Å². The Balaban J connectivity index is 3.54. The average Bonchev–Trinajstić information content (AvgIpc) is 1.99. The van der Waals surface area contributed by atoms with E-state index in [4.69, 9.17) is 10.8 Å². The van der Waals surface area contributed by atoms with E-state index in [1.54, 1.807) is 0 Å². The smallest absolute Gasteiger partial charge is 0.480 e. The molecule has 5 N–H and O–H groups in total. The van der Waals surface area contributed by atoms with Crippen molar-refractivity contribution < 1.29 is 24.3 Å². The van der Waals surface area contributed by atoms with Gasteiger partial charge in [-0.25, -0.2) is 4.79 Å². The maximum Gasteiger partial charge on any atom is 0.527 e. The second-order valence-electron chi connectivity index (χ2n) is 1.62. The molecule has 0 spiro atoms. The molecule has 0 fully saturated rings. The van der Waals surface area contributed by atoms with Crippen LogP contribution < -0.4 is 11.6 Å². The normalized spacial score (nSPS) is 11.8. The van der Waals surface area contributed by atoms with Crippen molar-refractivity contribution in [2.75, 3.05) is 6.61 Å². The molecule has 0 rings (SSSR count). The second kappa shape index (κ2) is 4.47. The summed E-state index contributed by atoms with van der Waals surface area (Å²) in [6, 6.07) is -1.26. The van der Waals surface area contributed by atoms with E-state index in [-0.39, 0.29) is 0 Å². The number of carboxylic acids is 1. The standard InChI is InChI=1S/C4H8N2O5/c5-2(3(7)8)1-10-4(9)11-6/h2H,1,5-6H2,(H,7,8)/t2-/m1/s1. The highest BCUT2D eigenvalue weighted by molar-refractivity contribution is 5.73. The van der Waals surface area contributed by atoms with Crippen molar-refractivity contribution in [3.05, 3.63) is 0 Å². The van der Waals surface area contributed by atoms with Crippen molar-refractivity contribution in [3.63, 3.8) is 0 Å². The summed E-state index contributed by atoms with van der Waals surface area (Å²) in [6.45, 7) is -0.467. The molecule has 0 aromatic carbocycles. The molecule has 7 nitrogen and oxygen atoms in total. The average molecular weight is 164 g/mol. The minimum Gasteiger partial charge on any atom is -0.480 e. The zero-order valence-electron chi connectivity index (χ0n) is 5.52. The van der Waals surface area contributed by atoms with Gasteiger partial charge in [0.05, 0.1) is 0 Å². The first-order chi connectivity index (χ1) is 5.07. The van der Waals surface area contributed by atoms with Gasteiger partial charge in [0, 0.05) is 0 Å². The summed E-state index contributed by atoms with van der Waals surface area (Å²) in [4.78, 5) is 23.7. The largest absolute Gasteiger partial charge is 0.527 e. The van der Waals surface area contributed by atoms with Gasteiger partial charge < -0.3 is 20.4 Å². The van der Waals surface area contributed by atoms with Crippen LogP contribution in [0.25, 0.3) is 0 Å². The van der Waals surface area contributed by atoms with Crippen molar-refractivity contribution in [3.8, 4) is 0 Å². The van der Waals surface area contributed by atoms with E-state index < -0.39 is 24.8 Å². The monoisotopic (exact) mass is 164 g/mol. The Morgan fingerprint density at radius 3 is 2.45 bits per heavy atom. The van der Waals surface area contributed by atoms with Gasteiger partial charge in [-0.15, -0.1) is 0 Å². The first-order valence-corrected chi connectivity index (χ1v) is 2.59. The van der Waals surface area contributed by atoms with Crippen molar-refractivity contribution in [1.82, 2.24) is 0 Å². The third kappa shape index (κ3) is 4.12. The number of carbonyl (C=O) groups is 2. The molecule has 0 unspecified atom stereocenters. The molecule has 7 heteroatoms. The summed E-state index contributed by atoms with van der Waals surface area (Å²) in [6.07, 6.45) is -1.17. The molecule has 0 aliphatic rings. The molecule has 0 amide bonds. The Hall–Kier alpha value is -1.34. The molecule has 0 bridgehead atoms. The number of hydrogen-bond acceptors (Lipinski definition) is 6. The first-order valence-electron chi connectivity index (χ1n) is 2.59. The van der Waals surface area contributed by atoms with Gasteiger partial charge in [-0.1, -0.05) is 0 Å². The van der Waals surface area contributed by atoms with Gasteiger partial charge in [-0.2, -0.15) is 5.90 Å². The van der Waals surface area contributed by atoms with Crippen LogP contribution in [0, 0.1) is 0 Å². The highest BCUT2D eigenvalue weighted by Gasteiger charge is 2.14. The maximum atomic E-state index is 10.1. The van der Waals surface area contributed by atoms with E-state index in [2.05, 4.69) is 15.5 Å². The molecule has 1 atom stereocenters. The quantitative estimate of drug-likeness (QED) is 0.339. The summed E-state index contributed by atoms with van der Waals surface area (Å²) in [5, 5.41) is 8.18. The van der Waals surface area contributed by atoms with Crippen molar-refractivity contribution in [2.24, 2.45) is 11.6 Å². The molecule has 64 valence electrons. The predicted molar refractivity (Wildman–Crippen MR) is 32.2 cm³/mol. The number of nitrogens with two attached hydrogens (primary N) is 2. The van der Waals surface area contributed by atoms with Crippen molar-refractivity contribution >= 4 is 12.1 Å². The molecule has 0 radical (unpaired) electrons. The number of rotatable bonds is 3. The van der Waals surface area contributed by atoms with Crippen LogP contribution in [0.3, 0.4) is 0 Å². The highest BCUT2D eigenvalue weighted by atomic mass is 16.8. The molecule has 11 heavy (non-hydrogen) atoms. The van der Waals surface area contributed by atoms with Gasteiger partial charge in [-0.3, -0.25) is 4.79 Å². The molecule has 0 saturated heterocycles. The summed E-state index contributed by atoms with van der Waals surface area (Å²) < 4.78 is 4.12. The fourth-order valence-electron chi connectivity index (χ4n) is 0.263. The molecule has 0 aliphatic carbocycles. The SMILES string of the molecule is NOC(=O)OC[C@@H](N)C(=O)O. The zero-order chi connectivity index (χ0) is 8.85. The number of carbonyl (C=O) groups excluding carboxylic acids is 1.